The Kier molecular flexibility index (Phi) is 3.48. The summed E-state index contributed by atoms with van der Waals surface area (Å²) in [7, 11) is 8.13. The van der Waals surface area contributed by atoms with Crippen molar-refractivity contribution in [3.05, 3.63) is 70.8 Å². The molecule has 4 heteroatoms. The molecule has 0 radical (unpaired) electrons. The van der Waals surface area contributed by atoms with Crippen molar-refractivity contribution in [2.75, 3.05) is 28.2 Å². The minimum atomic E-state index is 0.0931. The lowest BCUT2D eigenvalue weighted by Gasteiger charge is -2.58. The molecule has 0 aromatic heterocycles. The van der Waals surface area contributed by atoms with Gasteiger partial charge in [0.05, 0.1) is 24.8 Å². The minimum absolute atomic E-state index is 0.0931. The third-order valence-electron chi connectivity index (χ3n) is 6.44. The molecule has 4 nitrogen and oxygen atoms in total. The highest BCUT2D eigenvalue weighted by Gasteiger charge is 2.74. The lowest BCUT2D eigenvalue weighted by molar-refractivity contribution is 0.305. The molecule has 0 amide bonds. The van der Waals surface area contributed by atoms with Crippen LogP contribution in [-0.4, -0.2) is 62.8 Å². The molecule has 0 N–H and O–H groups in total. The van der Waals surface area contributed by atoms with Crippen LogP contribution in [0.2, 0.25) is 0 Å². The smallest absolute Gasteiger partial charge is 0.0849 e. The Morgan fingerprint density at radius 1 is 0.704 bits per heavy atom. The minimum Gasteiger partial charge on any atom is -0.369 e. The molecule has 0 saturated heterocycles. The van der Waals surface area contributed by atoms with E-state index in [9.17, 15) is 0 Å². The fourth-order valence-corrected chi connectivity index (χ4v) is 5.70. The van der Waals surface area contributed by atoms with E-state index in [1.807, 2.05) is 50.7 Å². The van der Waals surface area contributed by atoms with Crippen LogP contribution in [0.25, 0.3) is 0 Å². The zero-order valence-corrected chi connectivity index (χ0v) is 16.4. The molecule has 2 aromatic rings. The average molecular weight is 358 g/mol. The van der Waals surface area contributed by atoms with Crippen molar-refractivity contribution in [3.63, 3.8) is 0 Å². The maximum Gasteiger partial charge on any atom is 0.0849 e. The van der Waals surface area contributed by atoms with Gasteiger partial charge in [-0.05, 0) is 22.3 Å². The predicted octanol–water partition coefficient (Wildman–Crippen LogP) is 3.10. The monoisotopic (exact) mass is 358 g/mol. The van der Waals surface area contributed by atoms with Crippen LogP contribution in [0.5, 0.6) is 0 Å². The summed E-state index contributed by atoms with van der Waals surface area (Å²) in [5, 5.41) is 0. The second kappa shape index (κ2) is 5.69. The standard InChI is InChI=1S/C23H26N4/c1-26(2)13-24-21-19-15-9-5-7-11-17(15)23(19)18-12-8-6-10-16(18)20(23)22(21)25-14-27(3)4/h5-14,19-22H,1-4H3/t19?,20?,21-,22-,23?/m1/s1. The Balaban J connectivity index is 1.70. The molecule has 27 heavy (non-hydrogen) atoms. The van der Waals surface area contributed by atoms with Gasteiger partial charge in [-0.2, -0.15) is 0 Å². The maximum atomic E-state index is 5.05. The van der Waals surface area contributed by atoms with E-state index in [0.717, 1.165) is 0 Å². The summed E-state index contributed by atoms with van der Waals surface area (Å²) in [6, 6.07) is 18.2. The second-order valence-electron chi connectivity index (χ2n) is 8.44. The van der Waals surface area contributed by atoms with E-state index in [1.54, 1.807) is 0 Å². The second-order valence-corrected chi connectivity index (χ2v) is 8.44. The van der Waals surface area contributed by atoms with Crippen LogP contribution in [0, 0.1) is 0 Å². The van der Waals surface area contributed by atoms with Crippen molar-refractivity contribution in [2.24, 2.45) is 9.98 Å². The van der Waals surface area contributed by atoms with E-state index in [2.05, 4.69) is 48.5 Å². The molecule has 138 valence electrons. The van der Waals surface area contributed by atoms with E-state index in [4.69, 9.17) is 9.98 Å². The van der Waals surface area contributed by atoms with Crippen LogP contribution in [0.4, 0.5) is 0 Å². The van der Waals surface area contributed by atoms with Gasteiger partial charge >= 0.3 is 0 Å². The van der Waals surface area contributed by atoms with E-state index in [1.165, 1.54) is 22.3 Å². The molecule has 0 heterocycles. The zero-order valence-electron chi connectivity index (χ0n) is 16.4. The Labute approximate surface area is 161 Å². The van der Waals surface area contributed by atoms with Gasteiger partial charge in [0.1, 0.15) is 0 Å². The molecule has 1 saturated carbocycles. The molecule has 0 bridgehead atoms. The van der Waals surface area contributed by atoms with E-state index < -0.39 is 0 Å². The van der Waals surface area contributed by atoms with Gasteiger partial charge in [-0.25, -0.2) is 0 Å². The van der Waals surface area contributed by atoms with Gasteiger partial charge in [0, 0.05) is 45.4 Å². The van der Waals surface area contributed by atoms with Crippen LogP contribution in [-0.2, 0) is 5.41 Å². The first-order valence-electron chi connectivity index (χ1n) is 9.65. The van der Waals surface area contributed by atoms with Gasteiger partial charge < -0.3 is 9.80 Å². The number of rotatable bonds is 4. The fraction of sp³-hybridized carbons (Fsp3) is 0.391. The Morgan fingerprint density at radius 2 is 1.11 bits per heavy atom. The predicted molar refractivity (Wildman–Crippen MR) is 111 cm³/mol. The van der Waals surface area contributed by atoms with Crippen molar-refractivity contribution in [1.82, 2.24) is 9.80 Å². The normalized spacial score (nSPS) is 32.3. The summed E-state index contributed by atoms with van der Waals surface area (Å²) in [4.78, 5) is 14.2. The highest BCUT2D eigenvalue weighted by Crippen LogP contribution is 2.76. The molecule has 2 aromatic carbocycles. The van der Waals surface area contributed by atoms with E-state index in [0.29, 0.717) is 11.8 Å². The summed E-state index contributed by atoms with van der Waals surface area (Å²) in [5.74, 6) is 0.822. The van der Waals surface area contributed by atoms with Gasteiger partial charge in [-0.3, -0.25) is 9.98 Å². The van der Waals surface area contributed by atoms with Gasteiger partial charge in [0.2, 0.25) is 0 Å². The van der Waals surface area contributed by atoms with Crippen molar-refractivity contribution < 1.29 is 0 Å². The van der Waals surface area contributed by atoms with Gasteiger partial charge in [-0.15, -0.1) is 0 Å². The number of fused-ring (bicyclic) bond motifs is 4. The molecule has 1 fully saturated rings. The van der Waals surface area contributed by atoms with Crippen molar-refractivity contribution in [2.45, 2.75) is 29.3 Å². The summed E-state index contributed by atoms with van der Waals surface area (Å²) in [6.07, 6.45) is 3.93. The van der Waals surface area contributed by atoms with E-state index >= 15 is 0 Å². The number of hydrogen-bond donors (Lipinski definition) is 0. The average Bonchev–Trinajstić information content (AvgIpc) is 2.83. The molecular weight excluding hydrogens is 332 g/mol. The van der Waals surface area contributed by atoms with Crippen LogP contribution in [0.3, 0.4) is 0 Å². The Bertz CT molecular complexity index is 865. The van der Waals surface area contributed by atoms with E-state index in [-0.39, 0.29) is 17.5 Å². The Morgan fingerprint density at radius 3 is 1.52 bits per heavy atom. The van der Waals surface area contributed by atoms with Crippen molar-refractivity contribution in [3.8, 4) is 0 Å². The van der Waals surface area contributed by atoms with Crippen LogP contribution >= 0.6 is 0 Å². The summed E-state index contributed by atoms with van der Waals surface area (Å²) < 4.78 is 0. The summed E-state index contributed by atoms with van der Waals surface area (Å²) >= 11 is 0. The van der Waals surface area contributed by atoms with Crippen LogP contribution in [0.15, 0.2) is 58.5 Å². The molecule has 1 spiro atoms. The number of nitrogens with zero attached hydrogens (tertiary/aromatic N) is 4. The quantitative estimate of drug-likeness (QED) is 0.621. The SMILES string of the molecule is CN(C)C=N[C@@H]1C2c3ccccc3C23c2ccccc2C3[C@H]1N=CN(C)C. The molecule has 3 aliphatic carbocycles. The first kappa shape index (κ1) is 16.5. The molecule has 5 rings (SSSR count). The summed E-state index contributed by atoms with van der Waals surface area (Å²) in [5.41, 5.74) is 5.99. The Hall–Kier alpha value is -2.62. The summed E-state index contributed by atoms with van der Waals surface area (Å²) in [6.45, 7) is 0. The zero-order chi connectivity index (χ0) is 18.8. The number of benzene rings is 2. The fourth-order valence-electron chi connectivity index (χ4n) is 5.70. The number of aliphatic imine (C=N–C) groups is 2. The molecular formula is C23H26N4. The lowest BCUT2D eigenvalue weighted by atomic mass is 9.43. The highest BCUT2D eigenvalue weighted by molar-refractivity contribution is 5.74. The van der Waals surface area contributed by atoms with Crippen molar-refractivity contribution in [1.29, 1.82) is 0 Å². The largest absolute Gasteiger partial charge is 0.369 e. The maximum absolute atomic E-state index is 5.05. The first-order valence-corrected chi connectivity index (χ1v) is 9.65. The van der Waals surface area contributed by atoms with Gasteiger partial charge in [-0.1, -0.05) is 48.5 Å². The highest BCUT2D eigenvalue weighted by atomic mass is 15.1. The third kappa shape index (κ3) is 1.98. The first-order chi connectivity index (χ1) is 13.1. The van der Waals surface area contributed by atoms with Crippen LogP contribution < -0.4 is 0 Å². The molecule has 4 atom stereocenters. The molecule has 2 unspecified atom stereocenters. The lowest BCUT2D eigenvalue weighted by Crippen LogP contribution is -2.53. The molecule has 3 aliphatic rings. The number of hydrogen-bond acceptors (Lipinski definition) is 2. The molecule has 0 aliphatic heterocycles. The third-order valence-corrected chi connectivity index (χ3v) is 6.44. The van der Waals surface area contributed by atoms with Gasteiger partial charge in [0.15, 0.2) is 0 Å². The topological polar surface area (TPSA) is 31.2 Å². The van der Waals surface area contributed by atoms with Crippen LogP contribution in [0.1, 0.15) is 34.1 Å². The van der Waals surface area contributed by atoms with Crippen molar-refractivity contribution >= 4 is 12.7 Å². The van der Waals surface area contributed by atoms with Gasteiger partial charge in [0.25, 0.3) is 0 Å².